The molecule has 1 aliphatic rings. The summed E-state index contributed by atoms with van der Waals surface area (Å²) in [6, 6.07) is 3.23. The molecule has 24 heavy (non-hydrogen) atoms. The molecule has 0 amide bonds. The van der Waals surface area contributed by atoms with Crippen molar-refractivity contribution in [2.24, 2.45) is 0 Å². The fourth-order valence-electron chi connectivity index (χ4n) is 2.78. The second-order valence-corrected chi connectivity index (χ2v) is 9.45. The molecule has 2 rings (SSSR count). The van der Waals surface area contributed by atoms with Gasteiger partial charge in [0.25, 0.3) is 0 Å². The van der Waals surface area contributed by atoms with Gasteiger partial charge in [-0.1, -0.05) is 6.92 Å². The van der Waals surface area contributed by atoms with E-state index in [0.717, 1.165) is 4.31 Å². The predicted octanol–water partition coefficient (Wildman–Crippen LogP) is -0.128. The Bertz CT molecular complexity index is 804. The Morgan fingerprint density at radius 2 is 1.92 bits per heavy atom. The van der Waals surface area contributed by atoms with Crippen molar-refractivity contribution in [2.75, 3.05) is 32.3 Å². The number of nitrogens with zero attached hydrogens (tertiary/aromatic N) is 1. The van der Waals surface area contributed by atoms with E-state index in [-0.39, 0.29) is 17.2 Å². The summed E-state index contributed by atoms with van der Waals surface area (Å²) in [5, 5.41) is 10.0. The summed E-state index contributed by atoms with van der Waals surface area (Å²) in [4.78, 5) is -0.107. The number of methoxy groups -OCH3 is 2. The van der Waals surface area contributed by atoms with E-state index in [1.807, 2.05) is 0 Å². The molecule has 0 aliphatic carbocycles. The van der Waals surface area contributed by atoms with Gasteiger partial charge in [0, 0.05) is 12.6 Å². The minimum Gasteiger partial charge on any atom is -0.497 e. The van der Waals surface area contributed by atoms with Gasteiger partial charge >= 0.3 is 0 Å². The molecule has 0 spiro atoms. The Hall–Kier alpha value is -1.36. The molecule has 0 radical (unpaired) electrons. The number of likely N-dealkylation sites (N-methyl/N-ethyl adjacent to an activating group) is 1. The van der Waals surface area contributed by atoms with Crippen molar-refractivity contribution in [3.05, 3.63) is 18.2 Å². The third-order valence-corrected chi connectivity index (χ3v) is 7.67. The summed E-state index contributed by atoms with van der Waals surface area (Å²) in [5.41, 5.74) is 0. The van der Waals surface area contributed by atoms with E-state index in [1.165, 1.54) is 32.4 Å². The fourth-order valence-corrected chi connectivity index (χ4v) is 6.48. The monoisotopic (exact) mass is 379 g/mol. The van der Waals surface area contributed by atoms with Crippen molar-refractivity contribution in [3.63, 3.8) is 0 Å². The maximum atomic E-state index is 13.0. The molecule has 1 fully saturated rings. The third-order valence-electron chi connectivity index (χ3n) is 3.93. The SMILES string of the molecule is CCN([C@H]1CS(=O)(=O)C[C@H]1O)S(=O)(=O)c1ccc(OC)cc1OC. The van der Waals surface area contributed by atoms with E-state index < -0.39 is 43.5 Å². The molecular weight excluding hydrogens is 358 g/mol. The van der Waals surface area contributed by atoms with E-state index in [1.54, 1.807) is 6.92 Å². The summed E-state index contributed by atoms with van der Waals surface area (Å²) < 4.78 is 60.6. The molecule has 1 heterocycles. The molecule has 136 valence electrons. The maximum Gasteiger partial charge on any atom is 0.247 e. The van der Waals surface area contributed by atoms with E-state index >= 15 is 0 Å². The second kappa shape index (κ2) is 6.87. The summed E-state index contributed by atoms with van der Waals surface area (Å²) >= 11 is 0. The van der Waals surface area contributed by atoms with Crippen LogP contribution in [0, 0.1) is 0 Å². The first-order valence-electron chi connectivity index (χ1n) is 7.28. The Balaban J connectivity index is 2.48. The Kier molecular flexibility index (Phi) is 5.43. The summed E-state index contributed by atoms with van der Waals surface area (Å²) in [6.45, 7) is 1.61. The molecule has 0 unspecified atom stereocenters. The van der Waals surface area contributed by atoms with Crippen LogP contribution in [0.3, 0.4) is 0 Å². The van der Waals surface area contributed by atoms with Crippen LogP contribution < -0.4 is 9.47 Å². The van der Waals surface area contributed by atoms with Crippen molar-refractivity contribution < 1.29 is 31.4 Å². The highest BCUT2D eigenvalue weighted by Crippen LogP contribution is 2.33. The highest BCUT2D eigenvalue weighted by molar-refractivity contribution is 7.92. The van der Waals surface area contributed by atoms with Gasteiger partial charge in [0.05, 0.1) is 37.9 Å². The molecule has 1 aliphatic heterocycles. The van der Waals surface area contributed by atoms with Gasteiger partial charge < -0.3 is 14.6 Å². The zero-order valence-corrected chi connectivity index (χ0v) is 15.3. The average Bonchev–Trinajstić information content (AvgIpc) is 2.79. The van der Waals surface area contributed by atoms with Crippen LogP contribution in [0.15, 0.2) is 23.1 Å². The van der Waals surface area contributed by atoms with Crippen molar-refractivity contribution in [1.29, 1.82) is 0 Å². The number of aliphatic hydroxyl groups excluding tert-OH is 1. The number of benzene rings is 1. The molecular formula is C14H21NO7S2. The number of sulfonamides is 1. The molecule has 1 aromatic carbocycles. The Morgan fingerprint density at radius 3 is 2.38 bits per heavy atom. The molecule has 0 aromatic heterocycles. The van der Waals surface area contributed by atoms with Crippen LogP contribution in [0.25, 0.3) is 0 Å². The van der Waals surface area contributed by atoms with Gasteiger partial charge in [0.15, 0.2) is 9.84 Å². The standard InChI is InChI=1S/C14H21NO7S2/c1-4-15(11-8-23(17,18)9-12(11)16)24(19,20)14-6-5-10(21-2)7-13(14)22-3/h5-7,11-12,16H,4,8-9H2,1-3H3/t11-,12+/m0/s1. The second-order valence-electron chi connectivity index (χ2n) is 5.44. The number of aliphatic hydroxyl groups is 1. The fraction of sp³-hybridized carbons (Fsp3) is 0.571. The molecule has 10 heteroatoms. The lowest BCUT2D eigenvalue weighted by Crippen LogP contribution is -2.46. The zero-order chi connectivity index (χ0) is 18.1. The third kappa shape index (κ3) is 3.51. The lowest BCUT2D eigenvalue weighted by Gasteiger charge is -2.28. The van der Waals surface area contributed by atoms with Crippen molar-refractivity contribution in [1.82, 2.24) is 4.31 Å². The van der Waals surface area contributed by atoms with Gasteiger partial charge in [0.2, 0.25) is 10.0 Å². The van der Waals surface area contributed by atoms with Gasteiger partial charge in [-0.25, -0.2) is 16.8 Å². The zero-order valence-electron chi connectivity index (χ0n) is 13.7. The molecule has 2 atom stereocenters. The highest BCUT2D eigenvalue weighted by atomic mass is 32.2. The van der Waals surface area contributed by atoms with Gasteiger partial charge in [-0.05, 0) is 12.1 Å². The number of rotatable bonds is 6. The lowest BCUT2D eigenvalue weighted by atomic mass is 10.2. The van der Waals surface area contributed by atoms with Crippen LogP contribution in [0.2, 0.25) is 0 Å². The molecule has 1 saturated heterocycles. The van der Waals surface area contributed by atoms with E-state index in [2.05, 4.69) is 0 Å². The van der Waals surface area contributed by atoms with E-state index in [0.29, 0.717) is 5.75 Å². The first-order valence-corrected chi connectivity index (χ1v) is 10.5. The molecule has 0 saturated carbocycles. The van der Waals surface area contributed by atoms with Crippen LogP contribution in [-0.4, -0.2) is 70.7 Å². The molecule has 0 bridgehead atoms. The number of ether oxygens (including phenoxy) is 2. The smallest absolute Gasteiger partial charge is 0.247 e. The van der Waals surface area contributed by atoms with Crippen LogP contribution in [-0.2, 0) is 19.9 Å². The quantitative estimate of drug-likeness (QED) is 0.733. The van der Waals surface area contributed by atoms with Crippen molar-refractivity contribution in [2.45, 2.75) is 24.0 Å². The van der Waals surface area contributed by atoms with E-state index in [4.69, 9.17) is 9.47 Å². The van der Waals surface area contributed by atoms with Gasteiger partial charge in [0.1, 0.15) is 16.4 Å². The number of sulfone groups is 1. The first kappa shape index (κ1) is 19.0. The summed E-state index contributed by atoms with van der Waals surface area (Å²) in [5.74, 6) is -0.330. The van der Waals surface area contributed by atoms with Gasteiger partial charge in [-0.3, -0.25) is 0 Å². The number of hydrogen-bond acceptors (Lipinski definition) is 7. The average molecular weight is 379 g/mol. The van der Waals surface area contributed by atoms with Crippen LogP contribution >= 0.6 is 0 Å². The Morgan fingerprint density at radius 1 is 1.25 bits per heavy atom. The topological polar surface area (TPSA) is 110 Å². The highest BCUT2D eigenvalue weighted by Gasteiger charge is 2.44. The summed E-state index contributed by atoms with van der Waals surface area (Å²) in [6.07, 6.45) is -1.26. The normalized spacial score (nSPS) is 23.4. The van der Waals surface area contributed by atoms with Crippen molar-refractivity contribution >= 4 is 19.9 Å². The molecule has 1 aromatic rings. The minimum absolute atomic E-state index is 0.0226. The Labute approximate surface area is 142 Å². The molecule has 8 nitrogen and oxygen atoms in total. The van der Waals surface area contributed by atoms with E-state index in [9.17, 15) is 21.9 Å². The van der Waals surface area contributed by atoms with Crippen LogP contribution in [0.1, 0.15) is 6.92 Å². The van der Waals surface area contributed by atoms with Gasteiger partial charge in [-0.15, -0.1) is 0 Å². The van der Waals surface area contributed by atoms with Crippen molar-refractivity contribution in [3.8, 4) is 11.5 Å². The largest absolute Gasteiger partial charge is 0.497 e. The summed E-state index contributed by atoms with van der Waals surface area (Å²) in [7, 11) is -4.76. The van der Waals surface area contributed by atoms with Crippen LogP contribution in [0.5, 0.6) is 11.5 Å². The predicted molar refractivity (Wildman–Crippen MR) is 87.6 cm³/mol. The maximum absolute atomic E-state index is 13.0. The van der Waals surface area contributed by atoms with Gasteiger partial charge in [-0.2, -0.15) is 4.31 Å². The first-order chi connectivity index (χ1) is 11.2. The lowest BCUT2D eigenvalue weighted by molar-refractivity contribution is 0.130. The van der Waals surface area contributed by atoms with Crippen LogP contribution in [0.4, 0.5) is 0 Å². The number of hydrogen-bond donors (Lipinski definition) is 1. The molecule has 1 N–H and O–H groups in total. The minimum atomic E-state index is -4.06.